The van der Waals surface area contributed by atoms with E-state index in [1.54, 1.807) is 45.9 Å². The molecule has 4 rings (SSSR count). The van der Waals surface area contributed by atoms with Crippen molar-refractivity contribution in [3.05, 3.63) is 47.0 Å². The molecule has 3 aliphatic carbocycles. The Morgan fingerprint density at radius 3 is 2.27 bits per heavy atom. The highest BCUT2D eigenvalue weighted by Crippen LogP contribution is 2.62. The molecular formula is C30H40O10. The minimum Gasteiger partial charge on any atom is -0.455 e. The van der Waals surface area contributed by atoms with Gasteiger partial charge in [-0.1, -0.05) is 39.0 Å². The second kappa shape index (κ2) is 10.3. The molecule has 0 aromatic heterocycles. The van der Waals surface area contributed by atoms with E-state index in [9.17, 15) is 34.8 Å². The van der Waals surface area contributed by atoms with Crippen LogP contribution in [0.3, 0.4) is 0 Å². The molecule has 0 spiro atoms. The van der Waals surface area contributed by atoms with E-state index in [4.69, 9.17) is 14.2 Å². The number of fused-ring (bicyclic) bond motifs is 3. The summed E-state index contributed by atoms with van der Waals surface area (Å²) in [5.41, 5.74) is -6.03. The van der Waals surface area contributed by atoms with Crippen molar-refractivity contribution in [1.82, 2.24) is 0 Å². The zero-order chi connectivity index (χ0) is 29.8. The number of benzene rings is 1. The van der Waals surface area contributed by atoms with Crippen LogP contribution < -0.4 is 0 Å². The summed E-state index contributed by atoms with van der Waals surface area (Å²) in [4.78, 5) is 40.6. The molecule has 2 fully saturated rings. The van der Waals surface area contributed by atoms with E-state index in [2.05, 4.69) is 0 Å². The van der Waals surface area contributed by atoms with Gasteiger partial charge < -0.3 is 34.6 Å². The number of aliphatic hydroxyl groups excluding tert-OH is 3. The lowest BCUT2D eigenvalue weighted by molar-refractivity contribution is -0.275. The maximum atomic E-state index is 14.6. The molecule has 3 aliphatic rings. The fourth-order valence-electron chi connectivity index (χ4n) is 7.55. The molecule has 10 heteroatoms. The van der Waals surface area contributed by atoms with Crippen LogP contribution in [0.1, 0.15) is 64.2 Å². The second-order valence-corrected chi connectivity index (χ2v) is 12.2. The van der Waals surface area contributed by atoms with Crippen molar-refractivity contribution in [3.63, 3.8) is 0 Å². The molecule has 2 saturated carbocycles. The number of carbonyl (C=O) groups excluding carboxylic acids is 3. The number of Topliss-reactive ketones (excluding diaryl/α,β-unsaturated/α-hetero) is 1. The van der Waals surface area contributed by atoms with Crippen LogP contribution in [-0.2, 0) is 23.8 Å². The summed E-state index contributed by atoms with van der Waals surface area (Å²) in [5, 5.41) is 46.1. The molecule has 4 N–H and O–H groups in total. The highest BCUT2D eigenvalue weighted by Gasteiger charge is 2.73. The molecule has 2 bridgehead atoms. The standard InChI is InChI=1S/C30H40O10/c1-16-19(33)14-30(37)25(39-26(36)18-10-8-7-9-11-18)23-28(5,24(35)22(38-6)21(16)27(30,3)4)13-12-20(34)29(23,15-31)40-17(2)32/h7-11,19-20,22-23,25,31,33-34,37H,12-15H2,1-6H3/t19-,20+,22+,23-,25-,28+,29-,30+/m0/s1. The van der Waals surface area contributed by atoms with Crippen molar-refractivity contribution in [2.75, 3.05) is 13.7 Å². The van der Waals surface area contributed by atoms with Crippen molar-refractivity contribution in [3.8, 4) is 0 Å². The van der Waals surface area contributed by atoms with Crippen LogP contribution >= 0.6 is 0 Å². The van der Waals surface area contributed by atoms with Crippen LogP contribution in [0.15, 0.2) is 41.5 Å². The Bertz CT molecular complexity index is 1210. The highest BCUT2D eigenvalue weighted by atomic mass is 16.6. The van der Waals surface area contributed by atoms with E-state index in [1.807, 2.05) is 0 Å². The van der Waals surface area contributed by atoms with Crippen molar-refractivity contribution in [2.45, 2.75) is 89.5 Å². The number of carbonyl (C=O) groups is 3. The summed E-state index contributed by atoms with van der Waals surface area (Å²) >= 11 is 0. The van der Waals surface area contributed by atoms with Crippen LogP contribution in [0.5, 0.6) is 0 Å². The van der Waals surface area contributed by atoms with Gasteiger partial charge in [0, 0.05) is 31.3 Å². The first-order valence-corrected chi connectivity index (χ1v) is 13.6. The first-order valence-electron chi connectivity index (χ1n) is 13.6. The molecule has 220 valence electrons. The molecule has 1 aromatic carbocycles. The Morgan fingerprint density at radius 2 is 1.73 bits per heavy atom. The lowest BCUT2D eigenvalue weighted by Crippen LogP contribution is -2.76. The lowest BCUT2D eigenvalue weighted by atomic mass is 9.46. The van der Waals surface area contributed by atoms with E-state index in [1.165, 1.54) is 19.2 Å². The summed E-state index contributed by atoms with van der Waals surface area (Å²) in [7, 11) is 1.36. The van der Waals surface area contributed by atoms with E-state index in [0.29, 0.717) is 11.1 Å². The third-order valence-corrected chi connectivity index (χ3v) is 9.80. The summed E-state index contributed by atoms with van der Waals surface area (Å²) in [6, 6.07) is 8.05. The van der Waals surface area contributed by atoms with Gasteiger partial charge in [-0.15, -0.1) is 0 Å². The summed E-state index contributed by atoms with van der Waals surface area (Å²) < 4.78 is 17.6. The quantitative estimate of drug-likeness (QED) is 0.308. The Labute approximate surface area is 233 Å². The monoisotopic (exact) mass is 560 g/mol. The lowest BCUT2D eigenvalue weighted by Gasteiger charge is -2.63. The third kappa shape index (κ3) is 4.23. The number of methoxy groups -OCH3 is 1. The Kier molecular flexibility index (Phi) is 7.83. The van der Waals surface area contributed by atoms with Crippen molar-refractivity contribution in [1.29, 1.82) is 0 Å². The van der Waals surface area contributed by atoms with Gasteiger partial charge in [-0.2, -0.15) is 0 Å². The van der Waals surface area contributed by atoms with Crippen LogP contribution in [0.4, 0.5) is 0 Å². The van der Waals surface area contributed by atoms with Crippen molar-refractivity contribution >= 4 is 17.7 Å². The third-order valence-electron chi connectivity index (χ3n) is 9.80. The van der Waals surface area contributed by atoms with Gasteiger partial charge in [0.1, 0.15) is 17.8 Å². The number of aliphatic hydroxyl groups is 4. The van der Waals surface area contributed by atoms with Crippen molar-refractivity contribution in [2.24, 2.45) is 16.7 Å². The molecule has 0 unspecified atom stereocenters. The molecule has 0 heterocycles. The van der Waals surface area contributed by atoms with Gasteiger partial charge in [-0.05, 0) is 43.0 Å². The Hall–Kier alpha value is -2.63. The molecule has 0 aliphatic heterocycles. The molecule has 0 amide bonds. The summed E-state index contributed by atoms with van der Waals surface area (Å²) in [5.74, 6) is -3.55. The van der Waals surface area contributed by atoms with E-state index in [0.717, 1.165) is 6.92 Å². The van der Waals surface area contributed by atoms with Crippen LogP contribution in [0.25, 0.3) is 0 Å². The summed E-state index contributed by atoms with van der Waals surface area (Å²) in [6.07, 6.45) is -5.78. The predicted octanol–water partition coefficient (Wildman–Crippen LogP) is 1.72. The molecule has 1 aromatic rings. The number of hydrogen-bond donors (Lipinski definition) is 4. The van der Waals surface area contributed by atoms with Gasteiger partial charge in [-0.25, -0.2) is 4.79 Å². The van der Waals surface area contributed by atoms with Crippen LogP contribution in [-0.4, -0.2) is 87.5 Å². The average molecular weight is 561 g/mol. The highest BCUT2D eigenvalue weighted by molar-refractivity contribution is 5.93. The van der Waals surface area contributed by atoms with E-state index >= 15 is 0 Å². The average Bonchev–Trinajstić information content (AvgIpc) is 2.90. The summed E-state index contributed by atoms with van der Waals surface area (Å²) in [6.45, 7) is 6.81. The van der Waals surface area contributed by atoms with Gasteiger partial charge in [-0.3, -0.25) is 9.59 Å². The zero-order valence-corrected chi connectivity index (χ0v) is 23.8. The van der Waals surface area contributed by atoms with Gasteiger partial charge in [0.25, 0.3) is 0 Å². The van der Waals surface area contributed by atoms with Crippen LogP contribution in [0, 0.1) is 16.7 Å². The van der Waals surface area contributed by atoms with Gasteiger partial charge in [0.15, 0.2) is 11.4 Å². The van der Waals surface area contributed by atoms with E-state index < -0.39 is 76.7 Å². The fourth-order valence-corrected chi connectivity index (χ4v) is 7.55. The van der Waals surface area contributed by atoms with Gasteiger partial charge in [0.05, 0.1) is 30.3 Å². The number of hydrogen-bond acceptors (Lipinski definition) is 10. The maximum Gasteiger partial charge on any atom is 0.338 e. The number of esters is 2. The largest absolute Gasteiger partial charge is 0.455 e. The van der Waals surface area contributed by atoms with Crippen LogP contribution in [0.2, 0.25) is 0 Å². The molecule has 40 heavy (non-hydrogen) atoms. The molecule has 8 atom stereocenters. The number of ketones is 1. The Morgan fingerprint density at radius 1 is 1.10 bits per heavy atom. The zero-order valence-electron chi connectivity index (χ0n) is 23.8. The second-order valence-electron chi connectivity index (χ2n) is 12.2. The maximum absolute atomic E-state index is 14.6. The molecule has 0 radical (unpaired) electrons. The fraction of sp³-hybridized carbons (Fsp3) is 0.633. The van der Waals surface area contributed by atoms with Crippen molar-refractivity contribution < 1.29 is 49.0 Å². The number of ether oxygens (including phenoxy) is 3. The predicted molar refractivity (Wildman–Crippen MR) is 142 cm³/mol. The SMILES string of the molecule is CO[C@H]1C(=O)[C@]2(C)CC[C@@H](O)[C@](CO)(OC(C)=O)[C@H]2[C@H](OC(=O)c2ccccc2)[C@]2(O)C[C@H](O)C(C)=C1C2(C)C. The topological polar surface area (TPSA) is 160 Å². The van der Waals surface area contributed by atoms with E-state index in [-0.39, 0.29) is 24.8 Å². The minimum atomic E-state index is -2.13. The molecular weight excluding hydrogens is 520 g/mol. The smallest absolute Gasteiger partial charge is 0.338 e. The normalized spacial score (nSPS) is 39.0. The van der Waals surface area contributed by atoms with Gasteiger partial charge >= 0.3 is 11.9 Å². The Balaban J connectivity index is 2.09. The molecule has 10 nitrogen and oxygen atoms in total. The number of rotatable bonds is 5. The minimum absolute atomic E-state index is 0.0230. The van der Waals surface area contributed by atoms with Gasteiger partial charge in [0.2, 0.25) is 0 Å². The first kappa shape index (κ1) is 30.3. The first-order chi connectivity index (χ1) is 18.6. The molecule has 0 saturated heterocycles.